The molecule has 0 radical (unpaired) electrons. The number of fused-ring (bicyclic) bond motifs is 3. The van der Waals surface area contributed by atoms with E-state index in [1.165, 1.54) is 22.3 Å². The molecule has 4 rings (SSSR count). The van der Waals surface area contributed by atoms with E-state index in [0.29, 0.717) is 6.54 Å². The number of pyridine rings is 1. The summed E-state index contributed by atoms with van der Waals surface area (Å²) in [4.78, 5) is 16.3. The smallest absolute Gasteiger partial charge is 0.407 e. The highest BCUT2D eigenvalue weighted by atomic mass is 16.5. The van der Waals surface area contributed by atoms with Crippen LogP contribution in [0.3, 0.4) is 0 Å². The molecular weight excluding hydrogens is 352 g/mol. The summed E-state index contributed by atoms with van der Waals surface area (Å²) in [6, 6.07) is 20.2. The molecule has 0 saturated carbocycles. The summed E-state index contributed by atoms with van der Waals surface area (Å²) >= 11 is 0. The summed E-state index contributed by atoms with van der Waals surface area (Å²) in [7, 11) is 0. The zero-order valence-corrected chi connectivity index (χ0v) is 15.4. The highest BCUT2D eigenvalue weighted by Crippen LogP contribution is 2.44. The van der Waals surface area contributed by atoms with Crippen LogP contribution < -0.4 is 5.32 Å². The fraction of sp³-hybridized carbons (Fsp3) is 0.217. The molecule has 0 spiro atoms. The third-order valence-corrected chi connectivity index (χ3v) is 5.21. The maximum absolute atomic E-state index is 12.2. The predicted octanol–water partition coefficient (Wildman–Crippen LogP) is 3.70. The van der Waals surface area contributed by atoms with Crippen LogP contribution in [0, 0.1) is 0 Å². The molecule has 1 aromatic heterocycles. The van der Waals surface area contributed by atoms with Gasteiger partial charge in [0.2, 0.25) is 0 Å². The molecule has 0 aliphatic heterocycles. The Morgan fingerprint density at radius 2 is 1.71 bits per heavy atom. The molecule has 1 aliphatic carbocycles. The Bertz CT molecular complexity index is 913. The summed E-state index contributed by atoms with van der Waals surface area (Å²) in [6.45, 7) is 0.491. The zero-order valence-electron chi connectivity index (χ0n) is 15.4. The van der Waals surface area contributed by atoms with Crippen LogP contribution in [0.25, 0.3) is 11.1 Å². The second-order valence-electron chi connectivity index (χ2n) is 6.87. The number of alkyl carbamates (subject to hydrolysis) is 1. The number of nitrogens with one attached hydrogen (secondary N) is 1. The van der Waals surface area contributed by atoms with Gasteiger partial charge in [-0.15, -0.1) is 0 Å². The molecule has 0 saturated heterocycles. The monoisotopic (exact) mass is 374 g/mol. The third-order valence-electron chi connectivity index (χ3n) is 5.21. The molecule has 2 aromatic carbocycles. The van der Waals surface area contributed by atoms with Gasteiger partial charge in [-0.2, -0.15) is 0 Å². The van der Waals surface area contributed by atoms with Gasteiger partial charge in [-0.05, 0) is 33.9 Å². The summed E-state index contributed by atoms with van der Waals surface area (Å²) in [5, 5.41) is 12.3. The minimum atomic E-state index is -0.482. The third kappa shape index (κ3) is 3.62. The van der Waals surface area contributed by atoms with Gasteiger partial charge in [-0.25, -0.2) is 4.79 Å². The lowest BCUT2D eigenvalue weighted by Gasteiger charge is -2.17. The van der Waals surface area contributed by atoms with Crippen molar-refractivity contribution < 1.29 is 14.6 Å². The van der Waals surface area contributed by atoms with Gasteiger partial charge in [0.15, 0.2) is 0 Å². The number of ether oxygens (including phenoxy) is 1. The van der Waals surface area contributed by atoms with Gasteiger partial charge in [0.1, 0.15) is 6.61 Å². The number of aliphatic hydroxyl groups is 1. The number of carbonyl (C=O) groups excluding carboxylic acids is 1. The van der Waals surface area contributed by atoms with Crippen LogP contribution in [0.5, 0.6) is 0 Å². The molecular formula is C23H22N2O3. The molecule has 1 atom stereocenters. The van der Waals surface area contributed by atoms with Crippen molar-refractivity contribution >= 4 is 6.09 Å². The number of hydrogen-bond acceptors (Lipinski definition) is 4. The lowest BCUT2D eigenvalue weighted by molar-refractivity contribution is 0.141. The second kappa shape index (κ2) is 8.23. The molecule has 0 bridgehead atoms. The molecule has 3 aromatic rings. The largest absolute Gasteiger partial charge is 0.449 e. The van der Waals surface area contributed by atoms with E-state index in [9.17, 15) is 9.90 Å². The quantitative estimate of drug-likeness (QED) is 0.690. The first-order valence-electron chi connectivity index (χ1n) is 9.37. The van der Waals surface area contributed by atoms with Crippen molar-refractivity contribution in [3.63, 3.8) is 0 Å². The maximum atomic E-state index is 12.2. The Morgan fingerprint density at radius 1 is 1.04 bits per heavy atom. The molecule has 142 valence electrons. The van der Waals surface area contributed by atoms with Gasteiger partial charge >= 0.3 is 6.09 Å². The van der Waals surface area contributed by atoms with Crippen LogP contribution >= 0.6 is 0 Å². The SMILES string of the molecule is O=C(NCC(CO)c1cccnc1)OCC1c2ccccc2-c2ccccc21. The second-order valence-corrected chi connectivity index (χ2v) is 6.87. The van der Waals surface area contributed by atoms with Crippen LogP contribution in [0.4, 0.5) is 4.79 Å². The summed E-state index contributed by atoms with van der Waals surface area (Å²) in [5.41, 5.74) is 5.64. The van der Waals surface area contributed by atoms with E-state index >= 15 is 0 Å². The first-order valence-corrected chi connectivity index (χ1v) is 9.37. The lowest BCUT2D eigenvalue weighted by Crippen LogP contribution is -2.31. The molecule has 1 unspecified atom stereocenters. The number of rotatable bonds is 6. The highest BCUT2D eigenvalue weighted by Gasteiger charge is 2.29. The summed E-state index contributed by atoms with van der Waals surface area (Å²) < 4.78 is 5.52. The minimum Gasteiger partial charge on any atom is -0.449 e. The molecule has 0 fully saturated rings. The summed E-state index contributed by atoms with van der Waals surface area (Å²) in [5.74, 6) is -0.181. The van der Waals surface area contributed by atoms with Gasteiger partial charge < -0.3 is 15.2 Å². The van der Waals surface area contributed by atoms with Crippen molar-refractivity contribution in [2.45, 2.75) is 11.8 Å². The molecule has 1 aliphatic rings. The van der Waals surface area contributed by atoms with Crippen LogP contribution in [0.1, 0.15) is 28.5 Å². The van der Waals surface area contributed by atoms with Crippen molar-refractivity contribution in [3.8, 4) is 11.1 Å². The number of nitrogens with zero attached hydrogens (tertiary/aromatic N) is 1. The number of aliphatic hydroxyl groups excluding tert-OH is 1. The van der Waals surface area contributed by atoms with E-state index in [2.05, 4.69) is 34.6 Å². The minimum absolute atomic E-state index is 0.0325. The van der Waals surface area contributed by atoms with E-state index in [4.69, 9.17) is 4.74 Å². The number of amides is 1. The van der Waals surface area contributed by atoms with E-state index < -0.39 is 6.09 Å². The van der Waals surface area contributed by atoms with Crippen LogP contribution in [-0.2, 0) is 4.74 Å². The standard InChI is InChI=1S/C23H22N2O3/c26-14-17(16-6-5-11-24-12-16)13-25-23(27)28-15-22-20-9-3-1-7-18(20)19-8-2-4-10-21(19)22/h1-12,17,22,26H,13-15H2,(H,25,27). The molecule has 2 N–H and O–H groups in total. The van der Waals surface area contributed by atoms with Crippen molar-refractivity contribution in [2.24, 2.45) is 0 Å². The first-order chi connectivity index (χ1) is 13.8. The maximum Gasteiger partial charge on any atom is 0.407 e. The highest BCUT2D eigenvalue weighted by molar-refractivity contribution is 5.79. The topological polar surface area (TPSA) is 71.5 Å². The number of carbonyl (C=O) groups is 1. The normalized spacial score (nSPS) is 13.5. The zero-order chi connectivity index (χ0) is 19.3. The van der Waals surface area contributed by atoms with Crippen molar-refractivity contribution in [1.82, 2.24) is 10.3 Å². The first kappa shape index (κ1) is 18.2. The number of aromatic nitrogens is 1. The van der Waals surface area contributed by atoms with E-state index in [1.54, 1.807) is 12.4 Å². The predicted molar refractivity (Wildman–Crippen MR) is 107 cm³/mol. The Morgan fingerprint density at radius 3 is 2.32 bits per heavy atom. The van der Waals surface area contributed by atoms with E-state index in [0.717, 1.165) is 5.56 Å². The van der Waals surface area contributed by atoms with Gasteiger partial charge in [0.05, 0.1) is 6.61 Å². The van der Waals surface area contributed by atoms with Gasteiger partial charge in [0, 0.05) is 30.8 Å². The van der Waals surface area contributed by atoms with Crippen molar-refractivity contribution in [2.75, 3.05) is 19.8 Å². The molecule has 5 heteroatoms. The fourth-order valence-corrected chi connectivity index (χ4v) is 3.76. The molecule has 1 amide bonds. The number of benzene rings is 2. The van der Waals surface area contributed by atoms with Crippen molar-refractivity contribution in [1.29, 1.82) is 0 Å². The fourth-order valence-electron chi connectivity index (χ4n) is 3.76. The van der Waals surface area contributed by atoms with Gasteiger partial charge in [0.25, 0.3) is 0 Å². The van der Waals surface area contributed by atoms with Gasteiger partial charge in [-0.3, -0.25) is 4.98 Å². The van der Waals surface area contributed by atoms with Crippen molar-refractivity contribution in [3.05, 3.63) is 89.7 Å². The van der Waals surface area contributed by atoms with Gasteiger partial charge in [-0.1, -0.05) is 54.6 Å². The Kier molecular flexibility index (Phi) is 5.35. The average molecular weight is 374 g/mol. The Labute approximate surface area is 164 Å². The van der Waals surface area contributed by atoms with Crippen LogP contribution in [-0.4, -0.2) is 35.9 Å². The molecule has 1 heterocycles. The Hall–Kier alpha value is -3.18. The Balaban J connectivity index is 1.39. The summed E-state index contributed by atoms with van der Waals surface area (Å²) in [6.07, 6.45) is 2.89. The van der Waals surface area contributed by atoms with Crippen LogP contribution in [0.2, 0.25) is 0 Å². The van der Waals surface area contributed by atoms with E-state index in [1.807, 2.05) is 36.4 Å². The van der Waals surface area contributed by atoms with E-state index in [-0.39, 0.29) is 25.0 Å². The molecule has 5 nitrogen and oxygen atoms in total. The number of hydrogen-bond donors (Lipinski definition) is 2. The molecule has 28 heavy (non-hydrogen) atoms. The van der Waals surface area contributed by atoms with Crippen LogP contribution in [0.15, 0.2) is 73.1 Å². The lowest BCUT2D eigenvalue weighted by atomic mass is 9.98. The average Bonchev–Trinajstić information content (AvgIpc) is 3.07.